The molecule has 1 saturated carbocycles. The molecular weight excluding hydrogens is 170 g/mol. The van der Waals surface area contributed by atoms with E-state index in [0.717, 1.165) is 11.8 Å². The van der Waals surface area contributed by atoms with Crippen LogP contribution in [0.5, 0.6) is 0 Å². The topological polar surface area (TPSA) is 12.4 Å². The maximum atomic E-state index is 4.86. The molecule has 1 heterocycles. The van der Waals surface area contributed by atoms with Crippen LogP contribution in [-0.2, 0) is 0 Å². The van der Waals surface area contributed by atoms with Gasteiger partial charge in [-0.1, -0.05) is 37.3 Å². The molecule has 2 aliphatic rings. The van der Waals surface area contributed by atoms with Gasteiger partial charge >= 0.3 is 0 Å². The molecule has 1 heteroatoms. The number of benzene rings is 1. The molecule has 1 nitrogen and oxygen atoms in total. The van der Waals surface area contributed by atoms with Gasteiger partial charge in [0.05, 0.1) is 5.54 Å². The summed E-state index contributed by atoms with van der Waals surface area (Å²) in [4.78, 5) is 4.86. The van der Waals surface area contributed by atoms with Crippen LogP contribution in [0.2, 0.25) is 0 Å². The SMILES string of the molecule is CC1C2CC(c3ccccc3)=NC12C. The van der Waals surface area contributed by atoms with Crippen molar-refractivity contribution in [2.75, 3.05) is 0 Å². The molecule has 0 N–H and O–H groups in total. The lowest BCUT2D eigenvalue weighted by atomic mass is 10.1. The maximum absolute atomic E-state index is 4.86. The van der Waals surface area contributed by atoms with E-state index in [9.17, 15) is 0 Å². The Balaban J connectivity index is 1.94. The van der Waals surface area contributed by atoms with Crippen molar-refractivity contribution in [3.63, 3.8) is 0 Å². The number of fused-ring (bicyclic) bond motifs is 1. The van der Waals surface area contributed by atoms with Crippen LogP contribution in [0.4, 0.5) is 0 Å². The minimum absolute atomic E-state index is 0.283. The van der Waals surface area contributed by atoms with E-state index in [4.69, 9.17) is 4.99 Å². The molecule has 3 unspecified atom stereocenters. The molecule has 1 aromatic rings. The fourth-order valence-corrected chi connectivity index (χ4v) is 2.74. The second kappa shape index (κ2) is 2.47. The van der Waals surface area contributed by atoms with Crippen LogP contribution in [0.1, 0.15) is 25.8 Å². The van der Waals surface area contributed by atoms with E-state index in [-0.39, 0.29) is 5.54 Å². The van der Waals surface area contributed by atoms with Crippen LogP contribution in [0.25, 0.3) is 0 Å². The lowest BCUT2D eigenvalue weighted by molar-refractivity contribution is 0.687. The molecule has 3 atom stereocenters. The molecular formula is C13H15N. The lowest BCUT2D eigenvalue weighted by Crippen LogP contribution is -2.03. The molecule has 1 fully saturated rings. The van der Waals surface area contributed by atoms with Crippen LogP contribution in [0.15, 0.2) is 35.3 Å². The Hall–Kier alpha value is -1.11. The molecule has 0 amide bonds. The maximum Gasteiger partial charge on any atom is 0.0647 e. The average molecular weight is 185 g/mol. The fraction of sp³-hybridized carbons (Fsp3) is 0.462. The van der Waals surface area contributed by atoms with E-state index in [2.05, 4.69) is 44.2 Å². The number of hydrogen-bond donors (Lipinski definition) is 0. The predicted octanol–water partition coefficient (Wildman–Crippen LogP) is 2.90. The van der Waals surface area contributed by atoms with Crippen LogP contribution in [-0.4, -0.2) is 11.3 Å². The molecule has 14 heavy (non-hydrogen) atoms. The van der Waals surface area contributed by atoms with Gasteiger partial charge in [0.1, 0.15) is 0 Å². The zero-order valence-corrected chi connectivity index (χ0v) is 8.70. The first-order chi connectivity index (χ1) is 6.72. The van der Waals surface area contributed by atoms with Crippen molar-refractivity contribution in [3.05, 3.63) is 35.9 Å². The Labute approximate surface area is 84.9 Å². The minimum atomic E-state index is 0.283. The van der Waals surface area contributed by atoms with Crippen LogP contribution in [0.3, 0.4) is 0 Å². The summed E-state index contributed by atoms with van der Waals surface area (Å²) < 4.78 is 0. The van der Waals surface area contributed by atoms with Crippen molar-refractivity contribution in [1.29, 1.82) is 0 Å². The molecule has 0 saturated heterocycles. The Bertz CT molecular complexity index is 393. The van der Waals surface area contributed by atoms with Gasteiger partial charge in [0.2, 0.25) is 0 Å². The predicted molar refractivity (Wildman–Crippen MR) is 58.7 cm³/mol. The summed E-state index contributed by atoms with van der Waals surface area (Å²) in [7, 11) is 0. The standard InChI is InChI=1S/C13H15N/c1-9-11-8-12(14-13(9,11)2)10-6-4-3-5-7-10/h3-7,9,11H,8H2,1-2H3. The van der Waals surface area contributed by atoms with E-state index in [1.165, 1.54) is 17.7 Å². The van der Waals surface area contributed by atoms with Gasteiger partial charge in [-0.2, -0.15) is 0 Å². The molecule has 0 bridgehead atoms. The van der Waals surface area contributed by atoms with Gasteiger partial charge in [0, 0.05) is 5.71 Å². The van der Waals surface area contributed by atoms with Crippen molar-refractivity contribution in [3.8, 4) is 0 Å². The molecule has 3 rings (SSSR count). The third kappa shape index (κ3) is 0.927. The van der Waals surface area contributed by atoms with Gasteiger partial charge in [0.15, 0.2) is 0 Å². The summed E-state index contributed by atoms with van der Waals surface area (Å²) >= 11 is 0. The fourth-order valence-electron chi connectivity index (χ4n) is 2.74. The molecule has 72 valence electrons. The van der Waals surface area contributed by atoms with E-state index in [0.29, 0.717) is 0 Å². The Morgan fingerprint density at radius 1 is 1.29 bits per heavy atom. The first-order valence-electron chi connectivity index (χ1n) is 5.36. The highest BCUT2D eigenvalue weighted by atomic mass is 15.0. The van der Waals surface area contributed by atoms with E-state index in [1.807, 2.05) is 0 Å². The van der Waals surface area contributed by atoms with Crippen molar-refractivity contribution in [1.82, 2.24) is 0 Å². The Kier molecular flexibility index (Phi) is 1.45. The molecule has 0 radical (unpaired) electrons. The average Bonchev–Trinajstić information content (AvgIpc) is 2.61. The Morgan fingerprint density at radius 3 is 2.57 bits per heavy atom. The summed E-state index contributed by atoms with van der Waals surface area (Å²) in [6.07, 6.45) is 1.18. The van der Waals surface area contributed by atoms with Gasteiger partial charge in [-0.3, -0.25) is 4.99 Å². The van der Waals surface area contributed by atoms with Gasteiger partial charge in [-0.25, -0.2) is 0 Å². The van der Waals surface area contributed by atoms with Crippen molar-refractivity contribution in [2.24, 2.45) is 16.8 Å². The number of nitrogens with zero attached hydrogens (tertiary/aromatic N) is 1. The van der Waals surface area contributed by atoms with Gasteiger partial charge in [-0.15, -0.1) is 0 Å². The number of rotatable bonds is 1. The van der Waals surface area contributed by atoms with Gasteiger partial charge in [-0.05, 0) is 30.7 Å². The zero-order valence-electron chi connectivity index (χ0n) is 8.70. The van der Waals surface area contributed by atoms with Crippen molar-refractivity contribution in [2.45, 2.75) is 25.8 Å². The monoisotopic (exact) mass is 185 g/mol. The molecule has 1 aromatic carbocycles. The summed E-state index contributed by atoms with van der Waals surface area (Å²) in [6.45, 7) is 4.61. The highest BCUT2D eigenvalue weighted by Gasteiger charge is 2.61. The summed E-state index contributed by atoms with van der Waals surface area (Å²) in [5.74, 6) is 1.62. The van der Waals surface area contributed by atoms with Gasteiger partial charge < -0.3 is 0 Å². The number of hydrogen-bond acceptors (Lipinski definition) is 1. The first-order valence-corrected chi connectivity index (χ1v) is 5.36. The third-order valence-electron chi connectivity index (χ3n) is 4.06. The van der Waals surface area contributed by atoms with Gasteiger partial charge in [0.25, 0.3) is 0 Å². The van der Waals surface area contributed by atoms with Crippen LogP contribution in [0, 0.1) is 11.8 Å². The molecule has 1 aliphatic carbocycles. The normalized spacial score (nSPS) is 39.1. The molecule has 0 spiro atoms. The summed E-state index contributed by atoms with van der Waals surface area (Å²) in [5, 5.41) is 0. The highest BCUT2D eigenvalue weighted by Crippen LogP contribution is 2.59. The molecule has 1 aliphatic heterocycles. The third-order valence-corrected chi connectivity index (χ3v) is 4.06. The summed E-state index contributed by atoms with van der Waals surface area (Å²) in [6, 6.07) is 10.6. The first kappa shape index (κ1) is 8.22. The smallest absolute Gasteiger partial charge is 0.0647 e. The van der Waals surface area contributed by atoms with E-state index >= 15 is 0 Å². The second-order valence-electron chi connectivity index (χ2n) is 4.75. The quantitative estimate of drug-likeness (QED) is 0.638. The minimum Gasteiger partial charge on any atom is -0.282 e. The van der Waals surface area contributed by atoms with Crippen molar-refractivity contribution >= 4 is 5.71 Å². The van der Waals surface area contributed by atoms with E-state index < -0.39 is 0 Å². The van der Waals surface area contributed by atoms with Crippen molar-refractivity contribution < 1.29 is 0 Å². The largest absolute Gasteiger partial charge is 0.282 e. The number of aliphatic imine (C=N–C) groups is 1. The van der Waals surface area contributed by atoms with E-state index in [1.54, 1.807) is 0 Å². The lowest BCUT2D eigenvalue weighted by Gasteiger charge is -2.04. The summed E-state index contributed by atoms with van der Waals surface area (Å²) in [5.41, 5.74) is 2.91. The Morgan fingerprint density at radius 2 is 2.00 bits per heavy atom. The zero-order chi connectivity index (χ0) is 9.76. The van der Waals surface area contributed by atoms with Crippen LogP contribution >= 0.6 is 0 Å². The molecule has 0 aromatic heterocycles. The second-order valence-corrected chi connectivity index (χ2v) is 4.75. The van der Waals surface area contributed by atoms with Crippen LogP contribution < -0.4 is 0 Å². The highest BCUT2D eigenvalue weighted by molar-refractivity contribution is 6.03.